The molecule has 0 bridgehead atoms. The highest BCUT2D eigenvalue weighted by Gasteiger charge is 2.10. The molecule has 2 aromatic carbocycles. The van der Waals surface area contributed by atoms with Gasteiger partial charge in [-0.3, -0.25) is 0 Å². The number of ether oxygens (including phenoxy) is 2. The van der Waals surface area contributed by atoms with Gasteiger partial charge in [0.25, 0.3) is 0 Å². The van der Waals surface area contributed by atoms with Crippen LogP contribution in [0.2, 0.25) is 0 Å². The molecule has 0 aliphatic heterocycles. The number of aryl methyl sites for hydroxylation is 1. The normalized spacial score (nSPS) is 11.6. The lowest BCUT2D eigenvalue weighted by Crippen LogP contribution is -2.03. The van der Waals surface area contributed by atoms with Crippen LogP contribution in [-0.2, 0) is 0 Å². The van der Waals surface area contributed by atoms with Gasteiger partial charge in [0, 0.05) is 11.1 Å². The van der Waals surface area contributed by atoms with E-state index in [2.05, 4.69) is 88.4 Å². The SMILES string of the molecule is C/C=C/c1cc(OCCCCCCCC)c(/C=C/c2ccc(C)cc2)cc1OCCCCCCCC. The maximum atomic E-state index is 6.33. The van der Waals surface area contributed by atoms with Crippen molar-refractivity contribution >= 4 is 18.2 Å². The van der Waals surface area contributed by atoms with E-state index in [0.29, 0.717) is 0 Å². The Morgan fingerprint density at radius 3 is 1.56 bits per heavy atom. The second kappa shape index (κ2) is 18.7. The third kappa shape index (κ3) is 12.0. The number of benzene rings is 2. The van der Waals surface area contributed by atoms with Gasteiger partial charge in [0.1, 0.15) is 11.5 Å². The van der Waals surface area contributed by atoms with Crippen LogP contribution in [0.15, 0.2) is 42.5 Å². The molecule has 2 rings (SSSR count). The third-order valence-electron chi connectivity index (χ3n) is 6.53. The monoisotopic (exact) mass is 490 g/mol. The molecule has 0 saturated carbocycles. The Morgan fingerprint density at radius 2 is 1.06 bits per heavy atom. The van der Waals surface area contributed by atoms with E-state index in [-0.39, 0.29) is 0 Å². The summed E-state index contributed by atoms with van der Waals surface area (Å²) in [6, 6.07) is 12.9. The molecule has 0 fully saturated rings. The predicted molar refractivity (Wildman–Crippen MR) is 159 cm³/mol. The molecule has 0 aromatic heterocycles. The van der Waals surface area contributed by atoms with Gasteiger partial charge in [-0.2, -0.15) is 0 Å². The standard InChI is InChI=1S/C34H50O2/c1-5-8-10-12-14-16-25-35-33-28-32(24-23-30-21-19-29(4)20-22-30)34(27-31(33)18-7-3)36-26-17-15-13-11-9-6-2/h7,18-24,27-28H,5-6,8-17,25-26H2,1-4H3/b18-7+,24-23+. The smallest absolute Gasteiger partial charge is 0.127 e. The molecule has 2 aromatic rings. The molecular weight excluding hydrogens is 440 g/mol. The van der Waals surface area contributed by atoms with Gasteiger partial charge in [0.05, 0.1) is 13.2 Å². The Hall–Kier alpha value is -2.48. The van der Waals surface area contributed by atoms with Crippen molar-refractivity contribution in [1.29, 1.82) is 0 Å². The van der Waals surface area contributed by atoms with Crippen molar-refractivity contribution in [1.82, 2.24) is 0 Å². The van der Waals surface area contributed by atoms with E-state index in [1.54, 1.807) is 0 Å². The van der Waals surface area contributed by atoms with Crippen LogP contribution in [0.3, 0.4) is 0 Å². The molecule has 0 saturated heterocycles. The molecule has 0 N–H and O–H groups in total. The summed E-state index contributed by atoms with van der Waals surface area (Å²) in [5.74, 6) is 1.88. The Bertz CT molecular complexity index is 892. The lowest BCUT2D eigenvalue weighted by Gasteiger charge is -2.15. The highest BCUT2D eigenvalue weighted by Crippen LogP contribution is 2.32. The summed E-state index contributed by atoms with van der Waals surface area (Å²) in [5.41, 5.74) is 4.63. The van der Waals surface area contributed by atoms with Crippen molar-refractivity contribution in [3.8, 4) is 11.5 Å². The summed E-state index contributed by atoms with van der Waals surface area (Å²) in [6.07, 6.45) is 23.7. The van der Waals surface area contributed by atoms with Crippen molar-refractivity contribution < 1.29 is 9.47 Å². The molecule has 0 heterocycles. The molecule has 0 spiro atoms. The molecule has 0 aliphatic carbocycles. The predicted octanol–water partition coefficient (Wildman–Crippen LogP) is 10.7. The molecule has 36 heavy (non-hydrogen) atoms. The van der Waals surface area contributed by atoms with Crippen LogP contribution in [0.4, 0.5) is 0 Å². The van der Waals surface area contributed by atoms with E-state index in [1.807, 2.05) is 0 Å². The number of hydrogen-bond donors (Lipinski definition) is 0. The van der Waals surface area contributed by atoms with Gasteiger partial charge < -0.3 is 9.47 Å². The Kier molecular flexibility index (Phi) is 15.5. The van der Waals surface area contributed by atoms with Crippen molar-refractivity contribution in [2.45, 2.75) is 105 Å². The minimum Gasteiger partial charge on any atom is -0.493 e. The van der Waals surface area contributed by atoms with E-state index < -0.39 is 0 Å². The zero-order valence-electron chi connectivity index (χ0n) is 23.5. The van der Waals surface area contributed by atoms with Crippen LogP contribution in [0.1, 0.15) is 120 Å². The Morgan fingerprint density at radius 1 is 0.583 bits per heavy atom. The van der Waals surface area contributed by atoms with Gasteiger partial charge in [0.15, 0.2) is 0 Å². The van der Waals surface area contributed by atoms with Gasteiger partial charge in [-0.05, 0) is 44.4 Å². The van der Waals surface area contributed by atoms with Crippen LogP contribution in [-0.4, -0.2) is 13.2 Å². The molecule has 198 valence electrons. The van der Waals surface area contributed by atoms with Gasteiger partial charge in [-0.25, -0.2) is 0 Å². The molecular formula is C34H50O2. The van der Waals surface area contributed by atoms with Crippen LogP contribution < -0.4 is 9.47 Å². The number of unbranched alkanes of at least 4 members (excludes halogenated alkanes) is 10. The van der Waals surface area contributed by atoms with Crippen molar-refractivity contribution in [3.05, 3.63) is 64.7 Å². The summed E-state index contributed by atoms with van der Waals surface area (Å²) >= 11 is 0. The minimum atomic E-state index is 0.755. The molecule has 0 aliphatic rings. The quantitative estimate of drug-likeness (QED) is 0.144. The van der Waals surface area contributed by atoms with Gasteiger partial charge in [-0.15, -0.1) is 0 Å². The highest BCUT2D eigenvalue weighted by molar-refractivity contribution is 5.75. The first-order valence-corrected chi connectivity index (χ1v) is 14.5. The minimum absolute atomic E-state index is 0.755. The summed E-state index contributed by atoms with van der Waals surface area (Å²) in [6.45, 7) is 10.2. The van der Waals surface area contributed by atoms with Crippen LogP contribution in [0.25, 0.3) is 18.2 Å². The first-order chi connectivity index (χ1) is 17.7. The average molecular weight is 491 g/mol. The highest BCUT2D eigenvalue weighted by atomic mass is 16.5. The first-order valence-electron chi connectivity index (χ1n) is 14.5. The fraction of sp³-hybridized carbons (Fsp3) is 0.529. The molecule has 0 amide bonds. The first kappa shape index (κ1) is 29.7. The zero-order valence-corrected chi connectivity index (χ0v) is 23.5. The number of hydrogen-bond acceptors (Lipinski definition) is 2. The average Bonchev–Trinajstić information content (AvgIpc) is 2.88. The summed E-state index contributed by atoms with van der Waals surface area (Å²) in [4.78, 5) is 0. The second-order valence-corrected chi connectivity index (χ2v) is 9.90. The molecule has 0 unspecified atom stereocenters. The van der Waals surface area contributed by atoms with Crippen molar-refractivity contribution in [2.75, 3.05) is 13.2 Å². The fourth-order valence-electron chi connectivity index (χ4n) is 4.27. The van der Waals surface area contributed by atoms with Crippen LogP contribution in [0.5, 0.6) is 11.5 Å². The maximum Gasteiger partial charge on any atom is 0.127 e. The zero-order chi connectivity index (χ0) is 25.8. The van der Waals surface area contributed by atoms with E-state index in [4.69, 9.17) is 9.47 Å². The van der Waals surface area contributed by atoms with Crippen LogP contribution in [0, 0.1) is 6.92 Å². The largest absolute Gasteiger partial charge is 0.493 e. The fourth-order valence-corrected chi connectivity index (χ4v) is 4.27. The lowest BCUT2D eigenvalue weighted by atomic mass is 10.1. The number of allylic oxidation sites excluding steroid dienone is 1. The van der Waals surface area contributed by atoms with E-state index in [9.17, 15) is 0 Å². The van der Waals surface area contributed by atoms with E-state index in [0.717, 1.165) is 48.7 Å². The second-order valence-electron chi connectivity index (χ2n) is 9.90. The summed E-state index contributed by atoms with van der Waals surface area (Å²) in [5, 5.41) is 0. The molecule has 2 nitrogen and oxygen atoms in total. The van der Waals surface area contributed by atoms with Gasteiger partial charge in [0.2, 0.25) is 0 Å². The van der Waals surface area contributed by atoms with E-state index >= 15 is 0 Å². The Balaban J connectivity index is 2.12. The van der Waals surface area contributed by atoms with E-state index in [1.165, 1.54) is 75.3 Å². The topological polar surface area (TPSA) is 18.5 Å². The number of rotatable bonds is 19. The van der Waals surface area contributed by atoms with Crippen molar-refractivity contribution in [3.63, 3.8) is 0 Å². The molecule has 2 heteroatoms. The third-order valence-corrected chi connectivity index (χ3v) is 6.53. The summed E-state index contributed by atoms with van der Waals surface area (Å²) in [7, 11) is 0. The van der Waals surface area contributed by atoms with Crippen LogP contribution >= 0.6 is 0 Å². The van der Waals surface area contributed by atoms with Gasteiger partial charge in [-0.1, -0.05) is 132 Å². The molecule has 0 radical (unpaired) electrons. The summed E-state index contributed by atoms with van der Waals surface area (Å²) < 4.78 is 12.6. The molecule has 0 atom stereocenters. The van der Waals surface area contributed by atoms with Crippen molar-refractivity contribution in [2.24, 2.45) is 0 Å². The maximum absolute atomic E-state index is 6.33. The van der Waals surface area contributed by atoms with Gasteiger partial charge >= 0.3 is 0 Å². The Labute approximate surface area is 221 Å². The lowest BCUT2D eigenvalue weighted by molar-refractivity contribution is 0.295.